The molecule has 0 amide bonds. The van der Waals surface area contributed by atoms with Crippen LogP contribution in [0.2, 0.25) is 0 Å². The summed E-state index contributed by atoms with van der Waals surface area (Å²) in [5, 5.41) is 3.60. The first-order valence-electron chi connectivity index (χ1n) is 5.22. The fourth-order valence-electron chi connectivity index (χ4n) is 1.63. The summed E-state index contributed by atoms with van der Waals surface area (Å²) < 4.78 is 45.1. The van der Waals surface area contributed by atoms with E-state index in [1.807, 2.05) is 22.6 Å². The Bertz CT molecular complexity index is 708. The average Bonchev–Trinajstić information content (AvgIpc) is 2.63. The maximum atomic E-state index is 13.0. The molecule has 8 heteroatoms. The molecule has 5 nitrogen and oxygen atoms in total. The molecule has 19 heavy (non-hydrogen) atoms. The molecule has 2 aromatic rings. The van der Waals surface area contributed by atoms with E-state index in [2.05, 4.69) is 9.88 Å². The Morgan fingerprint density at radius 3 is 2.58 bits per heavy atom. The van der Waals surface area contributed by atoms with Crippen molar-refractivity contribution in [3.05, 3.63) is 39.0 Å². The first-order chi connectivity index (χ1) is 8.81. The van der Waals surface area contributed by atoms with Crippen LogP contribution < -0.4 is 4.72 Å². The molecule has 0 aliphatic rings. The molecule has 0 radical (unpaired) electrons. The Hall–Kier alpha value is -1.16. The first-order valence-corrected chi connectivity index (χ1v) is 7.78. The van der Waals surface area contributed by atoms with Crippen molar-refractivity contribution >= 4 is 38.3 Å². The largest absolute Gasteiger partial charge is 0.360 e. The molecule has 0 saturated carbocycles. The fourth-order valence-corrected chi connectivity index (χ4v) is 3.83. The van der Waals surface area contributed by atoms with Crippen molar-refractivity contribution < 1.29 is 17.3 Å². The lowest BCUT2D eigenvalue weighted by molar-refractivity contribution is 0.390. The van der Waals surface area contributed by atoms with Crippen LogP contribution in [0.15, 0.2) is 27.6 Å². The zero-order valence-electron chi connectivity index (χ0n) is 10.1. The average molecular weight is 396 g/mol. The zero-order chi connectivity index (χ0) is 14.2. The molecule has 0 fully saturated rings. The number of aromatic nitrogens is 1. The Morgan fingerprint density at radius 2 is 2.05 bits per heavy atom. The molecule has 1 heterocycles. The van der Waals surface area contributed by atoms with Gasteiger partial charge in [0.15, 0.2) is 10.7 Å². The molecule has 1 N–H and O–H groups in total. The van der Waals surface area contributed by atoms with Gasteiger partial charge in [0.25, 0.3) is 10.0 Å². The summed E-state index contributed by atoms with van der Waals surface area (Å²) in [5.74, 6) is -0.216. The maximum Gasteiger partial charge on any atom is 0.267 e. The van der Waals surface area contributed by atoms with Crippen LogP contribution in [0.25, 0.3) is 0 Å². The third kappa shape index (κ3) is 2.89. The minimum absolute atomic E-state index is 0.00706. The first kappa shape index (κ1) is 14.3. The van der Waals surface area contributed by atoms with Gasteiger partial charge < -0.3 is 4.52 Å². The molecule has 1 aromatic heterocycles. The SMILES string of the molecule is Cc1noc(C)c1S(=O)(=O)Nc1ccc(F)cc1I. The third-order valence-corrected chi connectivity index (χ3v) is 4.91. The summed E-state index contributed by atoms with van der Waals surface area (Å²) in [7, 11) is -3.80. The molecule has 0 unspecified atom stereocenters. The molecule has 1 aromatic carbocycles. The van der Waals surface area contributed by atoms with Gasteiger partial charge in [-0.05, 0) is 54.6 Å². The molecular weight excluding hydrogens is 386 g/mol. The van der Waals surface area contributed by atoms with Crippen molar-refractivity contribution in [1.29, 1.82) is 0 Å². The number of rotatable bonds is 3. The summed E-state index contributed by atoms with van der Waals surface area (Å²) in [4.78, 5) is 0.00706. The maximum absolute atomic E-state index is 13.0. The monoisotopic (exact) mass is 396 g/mol. The van der Waals surface area contributed by atoms with E-state index in [9.17, 15) is 12.8 Å². The third-order valence-electron chi connectivity index (χ3n) is 2.41. The van der Waals surface area contributed by atoms with Gasteiger partial charge in [-0.25, -0.2) is 12.8 Å². The quantitative estimate of drug-likeness (QED) is 0.811. The summed E-state index contributed by atoms with van der Waals surface area (Å²) >= 11 is 1.86. The second-order valence-electron chi connectivity index (χ2n) is 3.88. The molecule has 0 saturated heterocycles. The van der Waals surface area contributed by atoms with Crippen LogP contribution >= 0.6 is 22.6 Å². The Morgan fingerprint density at radius 1 is 1.37 bits per heavy atom. The highest BCUT2D eigenvalue weighted by Crippen LogP contribution is 2.25. The van der Waals surface area contributed by atoms with Gasteiger partial charge in [-0.3, -0.25) is 4.72 Å². The predicted octanol–water partition coefficient (Wildman–Crippen LogP) is 2.84. The lowest BCUT2D eigenvalue weighted by Crippen LogP contribution is -2.15. The smallest absolute Gasteiger partial charge is 0.267 e. The minimum Gasteiger partial charge on any atom is -0.360 e. The lowest BCUT2D eigenvalue weighted by Gasteiger charge is -2.09. The van der Waals surface area contributed by atoms with Gasteiger partial charge in [0, 0.05) is 3.57 Å². The number of hydrogen-bond donors (Lipinski definition) is 1. The number of halogens is 2. The molecule has 0 spiro atoms. The number of nitrogens with zero attached hydrogens (tertiary/aromatic N) is 1. The second kappa shape index (κ2) is 5.08. The number of benzene rings is 1. The van der Waals surface area contributed by atoms with Crippen molar-refractivity contribution in [3.8, 4) is 0 Å². The number of sulfonamides is 1. The van der Waals surface area contributed by atoms with Crippen molar-refractivity contribution in [2.45, 2.75) is 18.7 Å². The van der Waals surface area contributed by atoms with Crippen LogP contribution in [-0.4, -0.2) is 13.6 Å². The normalized spacial score (nSPS) is 11.6. The lowest BCUT2D eigenvalue weighted by atomic mass is 10.3. The van der Waals surface area contributed by atoms with Crippen LogP contribution in [-0.2, 0) is 10.0 Å². The molecule has 2 rings (SSSR count). The van der Waals surface area contributed by atoms with Gasteiger partial charge in [0.2, 0.25) is 0 Å². The summed E-state index contributed by atoms with van der Waals surface area (Å²) in [6, 6.07) is 3.80. The van der Waals surface area contributed by atoms with Crippen LogP contribution in [0.3, 0.4) is 0 Å². The summed E-state index contributed by atoms with van der Waals surface area (Å²) in [5.41, 5.74) is 0.587. The van der Waals surface area contributed by atoms with Crippen molar-refractivity contribution in [3.63, 3.8) is 0 Å². The zero-order valence-corrected chi connectivity index (χ0v) is 13.0. The van der Waals surface area contributed by atoms with E-state index in [0.717, 1.165) is 0 Å². The Balaban J connectivity index is 2.42. The topological polar surface area (TPSA) is 72.2 Å². The highest BCUT2D eigenvalue weighted by atomic mass is 127. The Labute approximate surface area is 123 Å². The van der Waals surface area contributed by atoms with E-state index < -0.39 is 15.8 Å². The fraction of sp³-hybridized carbons (Fsp3) is 0.182. The van der Waals surface area contributed by atoms with Gasteiger partial charge in [0.1, 0.15) is 11.5 Å². The Kier molecular flexibility index (Phi) is 3.81. The van der Waals surface area contributed by atoms with Gasteiger partial charge in [-0.2, -0.15) is 0 Å². The van der Waals surface area contributed by atoms with E-state index in [0.29, 0.717) is 9.26 Å². The minimum atomic E-state index is -3.80. The predicted molar refractivity (Wildman–Crippen MR) is 75.9 cm³/mol. The number of aryl methyl sites for hydroxylation is 2. The number of anilines is 1. The van der Waals surface area contributed by atoms with E-state index in [1.165, 1.54) is 25.1 Å². The molecule has 0 atom stereocenters. The van der Waals surface area contributed by atoms with Crippen LogP contribution in [0, 0.1) is 23.2 Å². The van der Waals surface area contributed by atoms with Gasteiger partial charge >= 0.3 is 0 Å². The van der Waals surface area contributed by atoms with Gasteiger partial charge in [0.05, 0.1) is 5.69 Å². The summed E-state index contributed by atoms with van der Waals surface area (Å²) in [6.45, 7) is 3.06. The molecule has 0 bridgehead atoms. The van der Waals surface area contributed by atoms with E-state index in [1.54, 1.807) is 6.92 Å². The van der Waals surface area contributed by atoms with Crippen molar-refractivity contribution in [2.75, 3.05) is 4.72 Å². The molecule has 0 aliphatic carbocycles. The van der Waals surface area contributed by atoms with Gasteiger partial charge in [-0.1, -0.05) is 5.16 Å². The van der Waals surface area contributed by atoms with E-state index in [4.69, 9.17) is 4.52 Å². The number of nitrogens with one attached hydrogen (secondary N) is 1. The highest BCUT2D eigenvalue weighted by molar-refractivity contribution is 14.1. The highest BCUT2D eigenvalue weighted by Gasteiger charge is 2.24. The number of hydrogen-bond acceptors (Lipinski definition) is 4. The van der Waals surface area contributed by atoms with Crippen LogP contribution in [0.5, 0.6) is 0 Å². The van der Waals surface area contributed by atoms with Crippen LogP contribution in [0.1, 0.15) is 11.5 Å². The summed E-state index contributed by atoms with van der Waals surface area (Å²) in [6.07, 6.45) is 0. The molecular formula is C11H10FIN2O3S. The van der Waals surface area contributed by atoms with E-state index >= 15 is 0 Å². The molecule has 102 valence electrons. The van der Waals surface area contributed by atoms with Crippen molar-refractivity contribution in [1.82, 2.24) is 5.16 Å². The second-order valence-corrected chi connectivity index (χ2v) is 6.66. The van der Waals surface area contributed by atoms with Crippen molar-refractivity contribution in [2.24, 2.45) is 0 Å². The van der Waals surface area contributed by atoms with Crippen LogP contribution in [0.4, 0.5) is 10.1 Å². The van der Waals surface area contributed by atoms with Gasteiger partial charge in [-0.15, -0.1) is 0 Å². The van der Waals surface area contributed by atoms with E-state index in [-0.39, 0.29) is 16.3 Å². The standard InChI is InChI=1S/C11H10FIN2O3S/c1-6-11(7(2)18-14-6)19(16,17)15-10-4-3-8(12)5-9(10)13/h3-5,15H,1-2H3. The molecule has 0 aliphatic heterocycles.